The molecule has 2 aliphatic rings. The summed E-state index contributed by atoms with van der Waals surface area (Å²) in [6.07, 6.45) is 5.58. The van der Waals surface area contributed by atoms with Crippen molar-refractivity contribution in [2.24, 2.45) is 11.8 Å². The van der Waals surface area contributed by atoms with Crippen LogP contribution in [0.5, 0.6) is 0 Å². The summed E-state index contributed by atoms with van der Waals surface area (Å²) in [4.78, 5) is 7.35. The molecule has 0 unspecified atom stereocenters. The Bertz CT molecular complexity index is 615. The van der Waals surface area contributed by atoms with Gasteiger partial charge >= 0.3 is 0 Å². The predicted octanol–water partition coefficient (Wildman–Crippen LogP) is 3.44. The lowest BCUT2D eigenvalue weighted by molar-refractivity contribution is 0.673. The van der Waals surface area contributed by atoms with Gasteiger partial charge < -0.3 is 10.6 Å². The van der Waals surface area contributed by atoms with Crippen LogP contribution in [-0.4, -0.2) is 18.1 Å². The van der Waals surface area contributed by atoms with Gasteiger partial charge in [-0.2, -0.15) is 0 Å². The quantitative estimate of drug-likeness (QED) is 0.844. The highest BCUT2D eigenvalue weighted by Gasteiger charge is 2.29. The van der Waals surface area contributed by atoms with Crippen LogP contribution in [-0.2, 0) is 0 Å². The highest BCUT2D eigenvalue weighted by molar-refractivity contribution is 5.83. The van der Waals surface area contributed by atoms with Crippen LogP contribution in [0, 0.1) is 11.8 Å². The first-order chi connectivity index (χ1) is 9.78. The van der Waals surface area contributed by atoms with E-state index in [-0.39, 0.29) is 0 Å². The van der Waals surface area contributed by atoms with E-state index in [2.05, 4.69) is 17.0 Å². The van der Waals surface area contributed by atoms with Gasteiger partial charge in [-0.15, -0.1) is 0 Å². The van der Waals surface area contributed by atoms with E-state index < -0.39 is 0 Å². The molecule has 0 bridgehead atoms. The molecule has 2 N–H and O–H groups in total. The van der Waals surface area contributed by atoms with Gasteiger partial charge in [0.15, 0.2) is 0 Å². The largest absolute Gasteiger partial charge is 0.399 e. The summed E-state index contributed by atoms with van der Waals surface area (Å²) in [7, 11) is 0. The second-order valence-corrected chi connectivity index (χ2v) is 6.41. The molecule has 1 aromatic carbocycles. The number of hydrogen-bond donors (Lipinski definition) is 1. The molecule has 2 fully saturated rings. The molecule has 0 aliphatic heterocycles. The van der Waals surface area contributed by atoms with Gasteiger partial charge in [-0.25, -0.2) is 4.98 Å². The zero-order valence-corrected chi connectivity index (χ0v) is 11.8. The fourth-order valence-electron chi connectivity index (χ4n) is 2.80. The molecule has 2 saturated carbocycles. The van der Waals surface area contributed by atoms with Crippen LogP contribution in [0.25, 0.3) is 10.9 Å². The number of anilines is 2. The standard InChI is InChI=1S/C17H21N3/c18-15-6-7-16-14(9-15)5-8-17(19-16)20(10-12-1-2-12)11-13-3-4-13/h5-9,12-13H,1-4,10-11,18H2. The number of nitrogens with two attached hydrogens (primary N) is 1. The van der Waals surface area contributed by atoms with Gasteiger partial charge in [-0.3, -0.25) is 0 Å². The molecule has 1 heterocycles. The van der Waals surface area contributed by atoms with Crippen molar-refractivity contribution in [3.05, 3.63) is 30.3 Å². The van der Waals surface area contributed by atoms with Crippen LogP contribution in [0.3, 0.4) is 0 Å². The summed E-state index contributed by atoms with van der Waals surface area (Å²) in [6.45, 7) is 2.37. The fraction of sp³-hybridized carbons (Fsp3) is 0.471. The molecule has 2 aliphatic carbocycles. The molecule has 20 heavy (non-hydrogen) atoms. The lowest BCUT2D eigenvalue weighted by atomic mass is 10.2. The number of nitrogens with zero attached hydrogens (tertiary/aromatic N) is 2. The average Bonchev–Trinajstić information content (AvgIpc) is 3.32. The van der Waals surface area contributed by atoms with Gasteiger partial charge in [0.25, 0.3) is 0 Å². The molecule has 0 atom stereocenters. The van der Waals surface area contributed by atoms with Gasteiger partial charge in [0.05, 0.1) is 5.52 Å². The first-order valence-electron chi connectivity index (χ1n) is 7.69. The summed E-state index contributed by atoms with van der Waals surface area (Å²) in [5, 5.41) is 1.13. The van der Waals surface area contributed by atoms with Crippen molar-refractivity contribution in [1.82, 2.24) is 4.98 Å². The average molecular weight is 267 g/mol. The van der Waals surface area contributed by atoms with Crippen LogP contribution in [0.4, 0.5) is 11.5 Å². The van der Waals surface area contributed by atoms with Crippen LogP contribution in [0.2, 0.25) is 0 Å². The minimum Gasteiger partial charge on any atom is -0.399 e. The number of rotatable bonds is 5. The summed E-state index contributed by atoms with van der Waals surface area (Å²) in [6, 6.07) is 10.3. The highest BCUT2D eigenvalue weighted by atomic mass is 15.2. The van der Waals surface area contributed by atoms with Crippen molar-refractivity contribution in [2.45, 2.75) is 25.7 Å². The van der Waals surface area contributed by atoms with E-state index in [0.29, 0.717) is 0 Å². The zero-order chi connectivity index (χ0) is 13.5. The second kappa shape index (κ2) is 4.65. The molecular weight excluding hydrogens is 246 g/mol. The maximum atomic E-state index is 5.83. The van der Waals surface area contributed by atoms with Crippen LogP contribution in [0.15, 0.2) is 30.3 Å². The molecule has 1 aromatic heterocycles. The van der Waals surface area contributed by atoms with E-state index in [9.17, 15) is 0 Å². The Morgan fingerprint density at radius 2 is 1.70 bits per heavy atom. The van der Waals surface area contributed by atoms with Crippen molar-refractivity contribution in [3.63, 3.8) is 0 Å². The molecule has 3 heteroatoms. The van der Waals surface area contributed by atoms with Gasteiger partial charge in [-0.1, -0.05) is 0 Å². The van der Waals surface area contributed by atoms with E-state index in [0.717, 1.165) is 34.2 Å². The molecule has 3 nitrogen and oxygen atoms in total. The minimum atomic E-state index is 0.805. The van der Waals surface area contributed by atoms with Gasteiger partial charge in [0.2, 0.25) is 0 Å². The summed E-state index contributed by atoms with van der Waals surface area (Å²) in [5.41, 5.74) is 7.69. The zero-order valence-electron chi connectivity index (χ0n) is 11.8. The Morgan fingerprint density at radius 1 is 1.00 bits per heavy atom. The molecule has 0 amide bonds. The number of aromatic nitrogens is 1. The monoisotopic (exact) mass is 267 g/mol. The molecule has 0 spiro atoms. The van der Waals surface area contributed by atoms with Gasteiger partial charge in [0.1, 0.15) is 5.82 Å². The maximum absolute atomic E-state index is 5.83. The third-order valence-corrected chi connectivity index (χ3v) is 4.37. The van der Waals surface area contributed by atoms with E-state index in [1.54, 1.807) is 0 Å². The summed E-state index contributed by atoms with van der Waals surface area (Å²) < 4.78 is 0. The number of hydrogen-bond acceptors (Lipinski definition) is 3. The lowest BCUT2D eigenvalue weighted by Crippen LogP contribution is -2.28. The Balaban J connectivity index is 1.64. The first-order valence-corrected chi connectivity index (χ1v) is 7.69. The Kier molecular flexibility index (Phi) is 2.79. The third-order valence-electron chi connectivity index (χ3n) is 4.37. The van der Waals surface area contributed by atoms with Crippen molar-refractivity contribution in [2.75, 3.05) is 23.7 Å². The van der Waals surface area contributed by atoms with E-state index in [4.69, 9.17) is 10.7 Å². The molecule has 104 valence electrons. The first kappa shape index (κ1) is 12.0. The van der Waals surface area contributed by atoms with Gasteiger partial charge in [-0.05, 0) is 67.9 Å². The summed E-state index contributed by atoms with van der Waals surface area (Å²) >= 11 is 0. The maximum Gasteiger partial charge on any atom is 0.129 e. The molecule has 0 saturated heterocycles. The normalized spacial score (nSPS) is 18.4. The van der Waals surface area contributed by atoms with E-state index >= 15 is 0 Å². The third kappa shape index (κ3) is 2.58. The lowest BCUT2D eigenvalue weighted by Gasteiger charge is -2.24. The van der Waals surface area contributed by atoms with Crippen LogP contribution in [0.1, 0.15) is 25.7 Å². The second-order valence-electron chi connectivity index (χ2n) is 6.41. The van der Waals surface area contributed by atoms with Crippen molar-refractivity contribution < 1.29 is 0 Å². The van der Waals surface area contributed by atoms with Crippen molar-refractivity contribution in [3.8, 4) is 0 Å². The molecular formula is C17H21N3. The number of benzene rings is 1. The predicted molar refractivity (Wildman–Crippen MR) is 83.8 cm³/mol. The van der Waals surface area contributed by atoms with Gasteiger partial charge in [0, 0.05) is 24.2 Å². The topological polar surface area (TPSA) is 42.1 Å². The minimum absolute atomic E-state index is 0.805. The molecule has 0 radical (unpaired) electrons. The van der Waals surface area contributed by atoms with Crippen LogP contribution < -0.4 is 10.6 Å². The van der Waals surface area contributed by atoms with Crippen molar-refractivity contribution >= 4 is 22.4 Å². The van der Waals surface area contributed by atoms with Crippen molar-refractivity contribution in [1.29, 1.82) is 0 Å². The van der Waals surface area contributed by atoms with Crippen LogP contribution >= 0.6 is 0 Å². The fourth-order valence-corrected chi connectivity index (χ4v) is 2.80. The highest BCUT2D eigenvalue weighted by Crippen LogP contribution is 2.35. The number of fused-ring (bicyclic) bond motifs is 1. The number of nitrogen functional groups attached to an aromatic ring is 1. The Morgan fingerprint density at radius 3 is 2.35 bits per heavy atom. The number of pyridine rings is 1. The molecule has 2 aromatic rings. The van der Waals surface area contributed by atoms with E-state index in [1.165, 1.54) is 38.8 Å². The summed E-state index contributed by atoms with van der Waals surface area (Å²) in [5.74, 6) is 2.94. The van der Waals surface area contributed by atoms with E-state index in [1.807, 2.05) is 18.2 Å². The Labute approximate surface area is 119 Å². The SMILES string of the molecule is Nc1ccc2nc(N(CC3CC3)CC3CC3)ccc2c1. The Hall–Kier alpha value is -1.77. The smallest absolute Gasteiger partial charge is 0.129 e. The molecule has 4 rings (SSSR count).